The fraction of sp³-hybridized carbons (Fsp3) is 0.556. The molecule has 0 bridgehead atoms. The summed E-state index contributed by atoms with van der Waals surface area (Å²) in [4.78, 5) is 9.82. The first-order chi connectivity index (χ1) is 7.19. The van der Waals surface area contributed by atoms with Gasteiger partial charge >= 0.3 is 0 Å². The Bertz CT molecular complexity index is 321. The minimum absolute atomic E-state index is 0.148. The number of hydrogen-bond donors (Lipinski definition) is 2. The van der Waals surface area contributed by atoms with Crippen LogP contribution >= 0.6 is 11.6 Å². The number of nitrogens with zero attached hydrogens (tertiary/aromatic N) is 3. The van der Waals surface area contributed by atoms with Crippen molar-refractivity contribution in [3.63, 3.8) is 0 Å². The second-order valence-electron chi connectivity index (χ2n) is 3.07. The summed E-state index contributed by atoms with van der Waals surface area (Å²) >= 11 is 5.70. The fourth-order valence-electron chi connectivity index (χ4n) is 1.29. The van der Waals surface area contributed by atoms with Gasteiger partial charge in [0.05, 0.1) is 11.9 Å². The molecule has 1 aromatic rings. The second-order valence-corrected chi connectivity index (χ2v) is 3.41. The van der Waals surface area contributed by atoms with Crippen molar-refractivity contribution in [1.82, 2.24) is 9.97 Å². The molecule has 3 N–H and O–H groups in total. The van der Waals surface area contributed by atoms with E-state index >= 15 is 0 Å². The molecule has 0 saturated heterocycles. The summed E-state index contributed by atoms with van der Waals surface area (Å²) in [6, 6.07) is 0. The van der Waals surface area contributed by atoms with Gasteiger partial charge in [-0.3, -0.25) is 0 Å². The van der Waals surface area contributed by atoms with Crippen LogP contribution in [0.4, 0.5) is 11.5 Å². The highest BCUT2D eigenvalue weighted by Crippen LogP contribution is 2.20. The molecule has 0 aliphatic carbocycles. The molecule has 0 spiro atoms. The van der Waals surface area contributed by atoms with E-state index in [1.54, 1.807) is 0 Å². The Morgan fingerprint density at radius 3 is 2.93 bits per heavy atom. The van der Waals surface area contributed by atoms with Gasteiger partial charge in [-0.05, 0) is 24.9 Å². The van der Waals surface area contributed by atoms with Crippen LogP contribution in [-0.2, 0) is 0 Å². The van der Waals surface area contributed by atoms with E-state index in [0.29, 0.717) is 24.5 Å². The van der Waals surface area contributed by atoms with E-state index in [4.69, 9.17) is 22.4 Å². The third-order valence-electron chi connectivity index (χ3n) is 2.03. The number of rotatable bonds is 5. The molecule has 15 heavy (non-hydrogen) atoms. The van der Waals surface area contributed by atoms with Crippen molar-refractivity contribution in [1.29, 1.82) is 0 Å². The maximum absolute atomic E-state index is 8.76. The Morgan fingerprint density at radius 2 is 2.33 bits per heavy atom. The summed E-state index contributed by atoms with van der Waals surface area (Å²) in [5, 5.41) is 8.95. The molecule has 0 saturated carbocycles. The number of nitrogens with two attached hydrogens (primary N) is 1. The largest absolute Gasteiger partial charge is 0.396 e. The molecule has 1 rings (SSSR count). The van der Waals surface area contributed by atoms with Gasteiger partial charge in [0, 0.05) is 19.7 Å². The zero-order chi connectivity index (χ0) is 11.3. The molecule has 0 fully saturated rings. The van der Waals surface area contributed by atoms with Crippen LogP contribution < -0.4 is 10.6 Å². The lowest BCUT2D eigenvalue weighted by atomic mass is 10.3. The van der Waals surface area contributed by atoms with Crippen molar-refractivity contribution < 1.29 is 5.11 Å². The van der Waals surface area contributed by atoms with E-state index < -0.39 is 0 Å². The number of aromatic nitrogens is 2. The summed E-state index contributed by atoms with van der Waals surface area (Å²) in [5.41, 5.74) is 6.25. The van der Waals surface area contributed by atoms with Gasteiger partial charge in [-0.15, -0.1) is 0 Å². The van der Waals surface area contributed by atoms with Crippen LogP contribution in [0.2, 0.25) is 5.28 Å². The van der Waals surface area contributed by atoms with Crippen molar-refractivity contribution in [2.75, 3.05) is 30.3 Å². The second kappa shape index (κ2) is 5.72. The Labute approximate surface area is 93.9 Å². The number of anilines is 2. The smallest absolute Gasteiger partial charge is 0.224 e. The Balaban J connectivity index is 2.85. The molecule has 0 aromatic carbocycles. The highest BCUT2D eigenvalue weighted by atomic mass is 35.5. The maximum Gasteiger partial charge on any atom is 0.224 e. The first-order valence-corrected chi connectivity index (χ1v) is 5.20. The minimum atomic E-state index is 0.148. The Hall–Kier alpha value is -1.07. The van der Waals surface area contributed by atoms with Gasteiger partial charge in [0.1, 0.15) is 0 Å². The summed E-state index contributed by atoms with van der Waals surface area (Å²) in [6.07, 6.45) is 2.17. The average Bonchev–Trinajstić information content (AvgIpc) is 2.24. The van der Waals surface area contributed by atoms with Crippen molar-refractivity contribution in [2.24, 2.45) is 0 Å². The first-order valence-electron chi connectivity index (χ1n) is 4.82. The van der Waals surface area contributed by atoms with Crippen molar-refractivity contribution in [3.8, 4) is 0 Å². The van der Waals surface area contributed by atoms with Crippen LogP contribution in [0.5, 0.6) is 0 Å². The normalized spacial score (nSPS) is 10.3. The van der Waals surface area contributed by atoms with E-state index in [0.717, 1.165) is 6.54 Å². The van der Waals surface area contributed by atoms with Gasteiger partial charge in [-0.25, -0.2) is 4.98 Å². The van der Waals surface area contributed by atoms with Gasteiger partial charge in [0.2, 0.25) is 5.28 Å². The van der Waals surface area contributed by atoms with Gasteiger partial charge in [0.25, 0.3) is 0 Å². The van der Waals surface area contributed by atoms with Crippen LogP contribution in [0.1, 0.15) is 13.3 Å². The number of halogens is 1. The SMILES string of the molecule is CCN(CCCO)c1nc(Cl)ncc1N. The standard InChI is InChI=1S/C9H15ClN4O/c1-2-14(4-3-5-15)8-7(11)6-12-9(10)13-8/h6,15H,2-5,11H2,1H3. The lowest BCUT2D eigenvalue weighted by Gasteiger charge is -2.22. The Kier molecular flexibility index (Phi) is 4.58. The zero-order valence-electron chi connectivity index (χ0n) is 8.65. The molecule has 5 nitrogen and oxygen atoms in total. The van der Waals surface area contributed by atoms with E-state index in [1.165, 1.54) is 6.20 Å². The number of aliphatic hydroxyl groups is 1. The third-order valence-corrected chi connectivity index (χ3v) is 2.22. The third kappa shape index (κ3) is 3.21. The maximum atomic E-state index is 8.76. The lowest BCUT2D eigenvalue weighted by Crippen LogP contribution is -2.26. The van der Waals surface area contributed by atoms with Crippen molar-refractivity contribution in [3.05, 3.63) is 11.5 Å². The quantitative estimate of drug-likeness (QED) is 0.736. The molecule has 0 aliphatic heterocycles. The minimum Gasteiger partial charge on any atom is -0.396 e. The fourth-order valence-corrected chi connectivity index (χ4v) is 1.42. The summed E-state index contributed by atoms with van der Waals surface area (Å²) in [6.45, 7) is 3.60. The molecule has 0 radical (unpaired) electrons. The molecular formula is C9H15ClN4O. The van der Waals surface area contributed by atoms with Crippen LogP contribution in [0.25, 0.3) is 0 Å². The van der Waals surface area contributed by atoms with Gasteiger partial charge < -0.3 is 15.7 Å². The highest BCUT2D eigenvalue weighted by Gasteiger charge is 2.10. The average molecular weight is 231 g/mol. The van der Waals surface area contributed by atoms with Crippen LogP contribution in [0.3, 0.4) is 0 Å². The molecule has 6 heteroatoms. The van der Waals surface area contributed by atoms with Crippen molar-refractivity contribution in [2.45, 2.75) is 13.3 Å². The molecule has 0 atom stereocenters. The van der Waals surface area contributed by atoms with E-state index in [-0.39, 0.29) is 11.9 Å². The molecule has 0 amide bonds. The van der Waals surface area contributed by atoms with E-state index in [1.807, 2.05) is 11.8 Å². The molecular weight excluding hydrogens is 216 g/mol. The molecule has 1 heterocycles. The predicted octanol–water partition coefficient (Wildman–Crippen LogP) is 0.921. The topological polar surface area (TPSA) is 75.3 Å². The van der Waals surface area contributed by atoms with Gasteiger partial charge in [0.15, 0.2) is 5.82 Å². The highest BCUT2D eigenvalue weighted by molar-refractivity contribution is 6.28. The summed E-state index contributed by atoms with van der Waals surface area (Å²) in [5.74, 6) is 0.631. The number of nitrogen functional groups attached to an aromatic ring is 1. The molecule has 0 unspecified atom stereocenters. The van der Waals surface area contributed by atoms with Crippen molar-refractivity contribution >= 4 is 23.1 Å². The van der Waals surface area contributed by atoms with Crippen LogP contribution in [-0.4, -0.2) is 34.8 Å². The van der Waals surface area contributed by atoms with Gasteiger partial charge in [-0.2, -0.15) is 4.98 Å². The molecule has 84 valence electrons. The van der Waals surface area contributed by atoms with E-state index in [2.05, 4.69) is 9.97 Å². The number of aliphatic hydroxyl groups excluding tert-OH is 1. The summed E-state index contributed by atoms with van der Waals surface area (Å²) < 4.78 is 0. The molecule has 0 aliphatic rings. The lowest BCUT2D eigenvalue weighted by molar-refractivity contribution is 0.289. The van der Waals surface area contributed by atoms with E-state index in [9.17, 15) is 0 Å². The van der Waals surface area contributed by atoms with Gasteiger partial charge in [-0.1, -0.05) is 0 Å². The summed E-state index contributed by atoms with van der Waals surface area (Å²) in [7, 11) is 0. The Morgan fingerprint density at radius 1 is 1.60 bits per heavy atom. The molecule has 1 aromatic heterocycles. The van der Waals surface area contributed by atoms with Crippen LogP contribution in [0.15, 0.2) is 6.20 Å². The zero-order valence-corrected chi connectivity index (χ0v) is 9.41. The first kappa shape index (κ1) is 12.0. The van der Waals surface area contributed by atoms with Crippen LogP contribution in [0, 0.1) is 0 Å². The number of hydrogen-bond acceptors (Lipinski definition) is 5. The monoisotopic (exact) mass is 230 g/mol. The predicted molar refractivity (Wildman–Crippen MR) is 61.0 cm³/mol.